The normalized spacial score (nSPS) is 31.5. The van der Waals surface area contributed by atoms with Crippen molar-refractivity contribution in [2.45, 2.75) is 18.7 Å². The Morgan fingerprint density at radius 1 is 1.55 bits per heavy atom. The number of carbonyl (C=O) groups excluding carboxylic acids is 1. The Labute approximate surface area is 60.1 Å². The van der Waals surface area contributed by atoms with Gasteiger partial charge in [-0.1, -0.05) is 0 Å². The number of carbonyl (C=O) groups is 1. The summed E-state index contributed by atoms with van der Waals surface area (Å²) in [6, 6.07) is 0. The van der Waals surface area contributed by atoms with Crippen LogP contribution in [-0.4, -0.2) is 24.5 Å². The quantitative estimate of drug-likeness (QED) is 0.516. The summed E-state index contributed by atoms with van der Waals surface area (Å²) < 4.78 is 43.8. The molecule has 3 nitrogen and oxygen atoms in total. The SMILES string of the molecule is CC1(C(F)(F)F)COC(=O)O1. The first-order chi connectivity index (χ1) is 4.85. The lowest BCUT2D eigenvalue weighted by Crippen LogP contribution is -2.44. The van der Waals surface area contributed by atoms with Gasteiger partial charge in [0.2, 0.25) is 5.60 Å². The van der Waals surface area contributed by atoms with Crippen LogP contribution in [0.2, 0.25) is 0 Å². The van der Waals surface area contributed by atoms with Crippen LogP contribution < -0.4 is 0 Å². The van der Waals surface area contributed by atoms with Gasteiger partial charge >= 0.3 is 12.3 Å². The van der Waals surface area contributed by atoms with E-state index >= 15 is 0 Å². The van der Waals surface area contributed by atoms with Crippen LogP contribution in [0.5, 0.6) is 0 Å². The molecule has 1 fully saturated rings. The Hall–Kier alpha value is -0.940. The summed E-state index contributed by atoms with van der Waals surface area (Å²) >= 11 is 0. The summed E-state index contributed by atoms with van der Waals surface area (Å²) in [6.45, 7) is -0.00671. The molecule has 0 saturated carbocycles. The predicted octanol–water partition coefficient (Wildman–Crippen LogP) is 1.47. The van der Waals surface area contributed by atoms with Crippen LogP contribution >= 0.6 is 0 Å². The van der Waals surface area contributed by atoms with Gasteiger partial charge < -0.3 is 9.47 Å². The smallest absolute Gasteiger partial charge is 0.430 e. The monoisotopic (exact) mass is 170 g/mol. The molecule has 0 N–H and O–H groups in total. The second kappa shape index (κ2) is 2.02. The Morgan fingerprint density at radius 2 is 2.09 bits per heavy atom. The van der Waals surface area contributed by atoms with Crippen molar-refractivity contribution in [1.29, 1.82) is 0 Å². The molecular weight excluding hydrogens is 165 g/mol. The van der Waals surface area contributed by atoms with Gasteiger partial charge in [0.05, 0.1) is 0 Å². The maximum Gasteiger partial charge on any atom is 0.509 e. The molecule has 1 unspecified atom stereocenters. The fourth-order valence-electron chi connectivity index (χ4n) is 0.579. The van der Waals surface area contributed by atoms with Crippen LogP contribution in [0.15, 0.2) is 0 Å². The van der Waals surface area contributed by atoms with Crippen molar-refractivity contribution < 1.29 is 27.4 Å². The third-order valence-corrected chi connectivity index (χ3v) is 1.37. The van der Waals surface area contributed by atoms with Crippen molar-refractivity contribution in [3.8, 4) is 0 Å². The standard InChI is InChI=1S/C5H5F3O3/c1-4(5(6,7)8)2-10-3(9)11-4/h2H2,1H3. The first kappa shape index (κ1) is 8.16. The van der Waals surface area contributed by atoms with E-state index in [4.69, 9.17) is 0 Å². The number of ether oxygens (including phenoxy) is 2. The lowest BCUT2D eigenvalue weighted by Gasteiger charge is -2.22. The third-order valence-electron chi connectivity index (χ3n) is 1.37. The minimum Gasteiger partial charge on any atom is -0.430 e. The van der Waals surface area contributed by atoms with Crippen LogP contribution in [0.25, 0.3) is 0 Å². The summed E-state index contributed by atoms with van der Waals surface area (Å²) in [5, 5.41) is 0. The van der Waals surface area contributed by atoms with Gasteiger partial charge in [-0.3, -0.25) is 0 Å². The molecule has 1 aliphatic rings. The van der Waals surface area contributed by atoms with E-state index in [2.05, 4.69) is 9.47 Å². The van der Waals surface area contributed by atoms with Gasteiger partial charge in [0.15, 0.2) is 0 Å². The highest BCUT2D eigenvalue weighted by Gasteiger charge is 2.59. The Morgan fingerprint density at radius 3 is 2.27 bits per heavy atom. The van der Waals surface area contributed by atoms with Crippen LogP contribution in [0.4, 0.5) is 18.0 Å². The summed E-state index contributed by atoms with van der Waals surface area (Å²) in [5.74, 6) is 0. The Kier molecular flexibility index (Phi) is 1.50. The van der Waals surface area contributed by atoms with Gasteiger partial charge in [0.1, 0.15) is 6.61 Å². The zero-order valence-electron chi connectivity index (χ0n) is 5.57. The summed E-state index contributed by atoms with van der Waals surface area (Å²) in [6.07, 6.45) is -5.84. The number of hydrogen-bond donors (Lipinski definition) is 0. The lowest BCUT2D eigenvalue weighted by molar-refractivity contribution is -0.239. The third kappa shape index (κ3) is 1.24. The first-order valence-corrected chi connectivity index (χ1v) is 2.78. The van der Waals surface area contributed by atoms with Gasteiger partial charge in [-0.05, 0) is 6.92 Å². The molecule has 0 aliphatic carbocycles. The van der Waals surface area contributed by atoms with E-state index in [1.807, 2.05) is 0 Å². The summed E-state index contributed by atoms with van der Waals surface area (Å²) in [5.41, 5.74) is -2.47. The molecule has 1 aliphatic heterocycles. The van der Waals surface area contributed by atoms with Crippen molar-refractivity contribution >= 4 is 6.16 Å². The minimum absolute atomic E-state index is 0.762. The van der Waals surface area contributed by atoms with Gasteiger partial charge in [-0.2, -0.15) is 13.2 Å². The zero-order valence-corrected chi connectivity index (χ0v) is 5.57. The molecule has 1 heterocycles. The van der Waals surface area contributed by atoms with E-state index in [0.29, 0.717) is 0 Å². The molecule has 1 atom stereocenters. The van der Waals surface area contributed by atoms with Crippen LogP contribution in [-0.2, 0) is 9.47 Å². The van der Waals surface area contributed by atoms with Crippen LogP contribution in [0.1, 0.15) is 6.92 Å². The summed E-state index contributed by atoms with van der Waals surface area (Å²) in [4.78, 5) is 10.2. The molecule has 0 bridgehead atoms. The highest BCUT2D eigenvalue weighted by molar-refractivity contribution is 5.62. The van der Waals surface area contributed by atoms with Crippen molar-refractivity contribution in [3.63, 3.8) is 0 Å². The van der Waals surface area contributed by atoms with E-state index in [9.17, 15) is 18.0 Å². The number of cyclic esters (lactones) is 2. The number of halogens is 3. The minimum atomic E-state index is -4.57. The molecule has 6 heteroatoms. The molecule has 0 aromatic carbocycles. The largest absolute Gasteiger partial charge is 0.509 e. The van der Waals surface area contributed by atoms with E-state index < -0.39 is 24.5 Å². The number of alkyl halides is 3. The van der Waals surface area contributed by atoms with E-state index in [1.54, 1.807) is 0 Å². The highest BCUT2D eigenvalue weighted by Crippen LogP contribution is 2.36. The molecular formula is C5H5F3O3. The maximum absolute atomic E-state index is 12.0. The second-order valence-corrected chi connectivity index (χ2v) is 2.37. The van der Waals surface area contributed by atoms with Crippen LogP contribution in [0.3, 0.4) is 0 Å². The second-order valence-electron chi connectivity index (χ2n) is 2.37. The van der Waals surface area contributed by atoms with Gasteiger partial charge in [0.25, 0.3) is 0 Å². The molecule has 0 radical (unpaired) electrons. The molecule has 0 aromatic heterocycles. The molecule has 11 heavy (non-hydrogen) atoms. The highest BCUT2D eigenvalue weighted by atomic mass is 19.4. The van der Waals surface area contributed by atoms with Crippen LogP contribution in [0, 0.1) is 0 Å². The van der Waals surface area contributed by atoms with E-state index in [-0.39, 0.29) is 0 Å². The maximum atomic E-state index is 12.0. The average molecular weight is 170 g/mol. The predicted molar refractivity (Wildman–Crippen MR) is 26.9 cm³/mol. The first-order valence-electron chi connectivity index (χ1n) is 2.78. The number of rotatable bonds is 0. The van der Waals surface area contributed by atoms with Crippen molar-refractivity contribution in [3.05, 3.63) is 0 Å². The van der Waals surface area contributed by atoms with Crippen molar-refractivity contribution in [1.82, 2.24) is 0 Å². The molecule has 0 amide bonds. The Balaban J connectivity index is 2.77. The van der Waals surface area contributed by atoms with Crippen molar-refractivity contribution in [2.75, 3.05) is 6.61 Å². The fraction of sp³-hybridized carbons (Fsp3) is 0.800. The Bertz CT molecular complexity index is 188. The van der Waals surface area contributed by atoms with Gasteiger partial charge in [-0.25, -0.2) is 4.79 Å². The van der Waals surface area contributed by atoms with E-state index in [1.165, 1.54) is 0 Å². The van der Waals surface area contributed by atoms with Crippen molar-refractivity contribution in [2.24, 2.45) is 0 Å². The molecule has 64 valence electrons. The molecule has 0 aromatic rings. The molecule has 1 saturated heterocycles. The molecule has 1 rings (SSSR count). The molecule has 0 spiro atoms. The fourth-order valence-corrected chi connectivity index (χ4v) is 0.579. The average Bonchev–Trinajstić information content (AvgIpc) is 2.10. The lowest BCUT2D eigenvalue weighted by atomic mass is 10.1. The summed E-state index contributed by atoms with van der Waals surface area (Å²) in [7, 11) is 0. The van der Waals surface area contributed by atoms with Gasteiger partial charge in [0, 0.05) is 0 Å². The zero-order chi connectivity index (χ0) is 8.70. The number of hydrogen-bond acceptors (Lipinski definition) is 3. The van der Waals surface area contributed by atoms with Gasteiger partial charge in [-0.15, -0.1) is 0 Å². The topological polar surface area (TPSA) is 35.5 Å². The van der Waals surface area contributed by atoms with E-state index in [0.717, 1.165) is 6.92 Å².